The molecule has 1 atom stereocenters. The first kappa shape index (κ1) is 9.51. The molecule has 1 N–H and O–H groups in total. The number of hydrogen-bond donors (Lipinski definition) is 1. The molecule has 0 amide bonds. The van der Waals surface area contributed by atoms with E-state index in [1.54, 1.807) is 11.8 Å². The van der Waals surface area contributed by atoms with E-state index >= 15 is 0 Å². The molecule has 0 bridgehead atoms. The molecule has 1 fully saturated rings. The Morgan fingerprint density at radius 3 is 2.93 bits per heavy atom. The van der Waals surface area contributed by atoms with Crippen LogP contribution in [-0.4, -0.2) is 26.7 Å². The Hall–Kier alpha value is -0.710. The highest BCUT2D eigenvalue weighted by Gasteiger charge is 2.27. The van der Waals surface area contributed by atoms with E-state index in [9.17, 15) is 0 Å². The van der Waals surface area contributed by atoms with Crippen molar-refractivity contribution in [1.82, 2.24) is 14.9 Å². The van der Waals surface area contributed by atoms with Crippen molar-refractivity contribution in [3.63, 3.8) is 0 Å². The van der Waals surface area contributed by atoms with Crippen LogP contribution in [0.1, 0.15) is 44.3 Å². The van der Waals surface area contributed by atoms with Crippen molar-refractivity contribution in [2.24, 2.45) is 0 Å². The van der Waals surface area contributed by atoms with Crippen LogP contribution in [0.15, 0.2) is 5.16 Å². The van der Waals surface area contributed by atoms with Crippen LogP contribution in [0.2, 0.25) is 0 Å². The fourth-order valence-electron chi connectivity index (χ4n) is 2.40. The lowest BCUT2D eigenvalue weighted by molar-refractivity contribution is 0.584. The van der Waals surface area contributed by atoms with Gasteiger partial charge in [0.15, 0.2) is 5.82 Å². The maximum atomic E-state index is 4.34. The summed E-state index contributed by atoms with van der Waals surface area (Å²) < 4.78 is 2.12. The number of fused-ring (bicyclic) bond motifs is 1. The molecule has 1 aromatic rings. The van der Waals surface area contributed by atoms with Gasteiger partial charge in [0.2, 0.25) is 5.16 Å². The van der Waals surface area contributed by atoms with Crippen LogP contribution in [0.3, 0.4) is 0 Å². The third kappa shape index (κ3) is 1.62. The summed E-state index contributed by atoms with van der Waals surface area (Å²) in [5.74, 6) is 2.87. The molecule has 3 rings (SSSR count). The predicted molar refractivity (Wildman–Crippen MR) is 60.8 cm³/mol. The van der Waals surface area contributed by atoms with Crippen molar-refractivity contribution in [2.45, 2.75) is 49.7 Å². The Morgan fingerprint density at radius 1 is 1.33 bits per heavy atom. The molecule has 0 aromatic carbocycles. The summed E-state index contributed by atoms with van der Waals surface area (Å²) in [4.78, 5) is 0. The van der Waals surface area contributed by atoms with Crippen molar-refractivity contribution in [3.05, 3.63) is 5.82 Å². The molecular formula is C10H16N4S. The first-order chi connectivity index (χ1) is 7.34. The minimum absolute atomic E-state index is 0.513. The Labute approximate surface area is 93.8 Å². The zero-order chi connectivity index (χ0) is 10.3. The van der Waals surface area contributed by atoms with Crippen LogP contribution >= 0.6 is 11.8 Å². The van der Waals surface area contributed by atoms with Crippen LogP contribution in [0.5, 0.6) is 0 Å². The van der Waals surface area contributed by atoms with Gasteiger partial charge in [-0.2, -0.15) is 0 Å². The molecule has 82 valence electrons. The summed E-state index contributed by atoms with van der Waals surface area (Å²) in [5, 5.41) is 9.63. The summed E-state index contributed by atoms with van der Waals surface area (Å²) >= 11 is 1.80. The minimum Gasteiger partial charge on any atom is -0.319 e. The summed E-state index contributed by atoms with van der Waals surface area (Å²) in [6.45, 7) is 2.20. The third-order valence-corrected chi connectivity index (χ3v) is 4.38. The van der Waals surface area contributed by atoms with E-state index in [1.165, 1.54) is 25.7 Å². The zero-order valence-corrected chi connectivity index (χ0v) is 9.76. The maximum absolute atomic E-state index is 4.34. The molecule has 5 heteroatoms. The van der Waals surface area contributed by atoms with Crippen LogP contribution in [-0.2, 0) is 0 Å². The molecule has 4 nitrogen and oxygen atoms in total. The topological polar surface area (TPSA) is 42.7 Å². The summed E-state index contributed by atoms with van der Waals surface area (Å²) in [6.07, 6.45) is 5.24. The summed E-state index contributed by atoms with van der Waals surface area (Å²) in [5.41, 5.74) is 3.46. The van der Waals surface area contributed by atoms with E-state index in [2.05, 4.69) is 27.2 Å². The quantitative estimate of drug-likeness (QED) is 0.792. The van der Waals surface area contributed by atoms with Crippen molar-refractivity contribution in [1.29, 1.82) is 0 Å². The van der Waals surface area contributed by atoms with E-state index in [0.29, 0.717) is 12.0 Å². The molecular weight excluding hydrogens is 208 g/mol. The first-order valence-electron chi connectivity index (χ1n) is 5.69. The number of nitrogens with one attached hydrogen (secondary N) is 1. The van der Waals surface area contributed by atoms with Crippen molar-refractivity contribution >= 4 is 11.8 Å². The van der Waals surface area contributed by atoms with Gasteiger partial charge in [-0.1, -0.05) is 24.6 Å². The smallest absolute Gasteiger partial charge is 0.210 e. The second-order valence-corrected chi connectivity index (χ2v) is 5.49. The van der Waals surface area contributed by atoms with E-state index in [-0.39, 0.29) is 0 Å². The van der Waals surface area contributed by atoms with Crippen molar-refractivity contribution in [3.8, 4) is 0 Å². The van der Waals surface area contributed by atoms with Gasteiger partial charge in [-0.15, -0.1) is 10.2 Å². The van der Waals surface area contributed by atoms with Crippen molar-refractivity contribution < 1.29 is 0 Å². The van der Waals surface area contributed by atoms with Crippen LogP contribution < -0.4 is 5.43 Å². The molecule has 0 spiro atoms. The molecule has 1 unspecified atom stereocenters. The van der Waals surface area contributed by atoms with Gasteiger partial charge in [-0.3, -0.25) is 0 Å². The lowest BCUT2D eigenvalue weighted by Gasteiger charge is -2.24. The van der Waals surface area contributed by atoms with Gasteiger partial charge in [0.05, 0.1) is 0 Å². The highest BCUT2D eigenvalue weighted by atomic mass is 32.2. The third-order valence-electron chi connectivity index (χ3n) is 3.19. The Bertz CT molecular complexity index is 356. The van der Waals surface area contributed by atoms with Crippen molar-refractivity contribution in [2.75, 3.05) is 11.2 Å². The number of nitrogens with zero attached hydrogens (tertiary/aromatic N) is 3. The van der Waals surface area contributed by atoms with Crippen LogP contribution in [0, 0.1) is 0 Å². The number of thioether (sulfide) groups is 1. The molecule has 0 radical (unpaired) electrons. The number of aromatic nitrogens is 3. The molecule has 2 aliphatic rings. The van der Waals surface area contributed by atoms with Gasteiger partial charge in [-0.05, 0) is 19.8 Å². The molecule has 1 saturated carbocycles. The fraction of sp³-hybridized carbons (Fsp3) is 0.800. The predicted octanol–water partition coefficient (Wildman–Crippen LogP) is 1.97. The SMILES string of the molecule is CC1CSc2nnc(C3CCCC3)n2N1. The first-order valence-corrected chi connectivity index (χ1v) is 6.68. The van der Waals surface area contributed by atoms with Crippen LogP contribution in [0.4, 0.5) is 0 Å². The molecule has 0 saturated heterocycles. The van der Waals surface area contributed by atoms with Gasteiger partial charge in [0, 0.05) is 17.7 Å². The minimum atomic E-state index is 0.513. The van der Waals surface area contributed by atoms with Gasteiger partial charge in [0.1, 0.15) is 0 Å². The lowest BCUT2D eigenvalue weighted by Crippen LogP contribution is -2.33. The monoisotopic (exact) mass is 224 g/mol. The summed E-state index contributed by atoms with van der Waals surface area (Å²) in [6, 6.07) is 0.513. The summed E-state index contributed by atoms with van der Waals surface area (Å²) in [7, 11) is 0. The number of rotatable bonds is 1. The maximum Gasteiger partial charge on any atom is 0.210 e. The molecule has 15 heavy (non-hydrogen) atoms. The number of hydrogen-bond acceptors (Lipinski definition) is 4. The fourth-order valence-corrected chi connectivity index (χ4v) is 3.25. The highest BCUT2D eigenvalue weighted by molar-refractivity contribution is 7.99. The molecule has 1 aliphatic heterocycles. The van der Waals surface area contributed by atoms with E-state index in [1.807, 2.05) is 0 Å². The normalized spacial score (nSPS) is 26.3. The lowest BCUT2D eigenvalue weighted by atomic mass is 10.1. The Kier molecular flexibility index (Phi) is 2.35. The van der Waals surface area contributed by atoms with Gasteiger partial charge in [0.25, 0.3) is 0 Å². The molecule has 2 heterocycles. The molecule has 1 aromatic heterocycles. The second kappa shape index (κ2) is 3.70. The van der Waals surface area contributed by atoms with E-state index in [4.69, 9.17) is 0 Å². The average Bonchev–Trinajstić information content (AvgIpc) is 2.83. The highest BCUT2D eigenvalue weighted by Crippen LogP contribution is 2.35. The van der Waals surface area contributed by atoms with E-state index in [0.717, 1.165) is 16.7 Å². The zero-order valence-electron chi connectivity index (χ0n) is 8.94. The standard InChI is InChI=1S/C10H16N4S/c1-7-6-15-10-12-11-9(14(10)13-7)8-4-2-3-5-8/h7-8,13H,2-6H2,1H3. The Balaban J connectivity index is 1.92. The Morgan fingerprint density at radius 2 is 2.13 bits per heavy atom. The van der Waals surface area contributed by atoms with E-state index < -0.39 is 0 Å². The van der Waals surface area contributed by atoms with Gasteiger partial charge in [-0.25, -0.2) is 4.68 Å². The van der Waals surface area contributed by atoms with Gasteiger partial charge >= 0.3 is 0 Å². The van der Waals surface area contributed by atoms with Gasteiger partial charge < -0.3 is 5.43 Å². The van der Waals surface area contributed by atoms with Crippen LogP contribution in [0.25, 0.3) is 0 Å². The largest absolute Gasteiger partial charge is 0.319 e. The average molecular weight is 224 g/mol. The molecule has 1 aliphatic carbocycles. The second-order valence-electron chi connectivity index (χ2n) is 4.50.